The molecule has 1 rings (SSSR count). The third kappa shape index (κ3) is 2.80. The maximum atomic E-state index is 11.3. The average Bonchev–Trinajstić information content (AvgIpc) is 2.55. The van der Waals surface area contributed by atoms with Crippen molar-refractivity contribution in [3.05, 3.63) is 5.56 Å². The van der Waals surface area contributed by atoms with Gasteiger partial charge in [-0.3, -0.25) is 0 Å². The lowest BCUT2D eigenvalue weighted by Crippen LogP contribution is -2.16. The highest BCUT2D eigenvalue weighted by atomic mass is 32.1. The predicted molar refractivity (Wildman–Crippen MR) is 58.0 cm³/mol. The van der Waals surface area contributed by atoms with Crippen LogP contribution in [0.1, 0.15) is 17.3 Å². The van der Waals surface area contributed by atoms with Gasteiger partial charge in [-0.1, -0.05) is 0 Å². The van der Waals surface area contributed by atoms with Crippen LogP contribution in [-0.2, 0) is 4.74 Å². The van der Waals surface area contributed by atoms with E-state index in [2.05, 4.69) is 14.4 Å². The lowest BCUT2D eigenvalue weighted by atomic mass is 10.3. The molecule has 0 saturated carbocycles. The lowest BCUT2D eigenvalue weighted by molar-refractivity contribution is 0.0603. The summed E-state index contributed by atoms with van der Waals surface area (Å²) in [5.41, 5.74) is 5.75. The number of aliphatic hydroxyl groups excluding tert-OH is 1. The van der Waals surface area contributed by atoms with E-state index in [9.17, 15) is 4.79 Å². The van der Waals surface area contributed by atoms with Gasteiger partial charge in [0.05, 0.1) is 13.2 Å². The number of hydrogen-bond acceptors (Lipinski definition) is 7. The van der Waals surface area contributed by atoms with Gasteiger partial charge in [-0.2, -0.15) is 4.37 Å². The summed E-state index contributed by atoms with van der Waals surface area (Å²) in [5.74, 6) is -0.394. The van der Waals surface area contributed by atoms with Gasteiger partial charge in [-0.15, -0.1) is 0 Å². The van der Waals surface area contributed by atoms with Crippen molar-refractivity contribution in [2.24, 2.45) is 0 Å². The number of nitrogens with one attached hydrogen (secondary N) is 1. The van der Waals surface area contributed by atoms with Gasteiger partial charge in [-0.05, 0) is 18.5 Å². The minimum atomic E-state index is -0.533. The second-order valence-electron chi connectivity index (χ2n) is 2.99. The molecule has 0 saturated heterocycles. The van der Waals surface area contributed by atoms with Crippen molar-refractivity contribution in [3.63, 3.8) is 0 Å². The van der Waals surface area contributed by atoms with E-state index in [1.165, 1.54) is 7.11 Å². The number of rotatable bonds is 4. The Morgan fingerprint density at radius 3 is 3.00 bits per heavy atom. The van der Waals surface area contributed by atoms with Crippen LogP contribution in [0.4, 0.5) is 10.8 Å². The molecule has 84 valence electrons. The first-order chi connectivity index (χ1) is 7.06. The van der Waals surface area contributed by atoms with Crippen LogP contribution in [0, 0.1) is 0 Å². The van der Waals surface area contributed by atoms with E-state index in [4.69, 9.17) is 10.8 Å². The second kappa shape index (κ2) is 4.94. The van der Waals surface area contributed by atoms with Crippen molar-refractivity contribution in [3.8, 4) is 0 Å². The van der Waals surface area contributed by atoms with Crippen molar-refractivity contribution in [1.29, 1.82) is 0 Å². The quantitative estimate of drug-likeness (QED) is 0.645. The lowest BCUT2D eigenvalue weighted by Gasteiger charge is -2.07. The van der Waals surface area contributed by atoms with E-state index in [1.807, 2.05) is 0 Å². The molecule has 6 nitrogen and oxygen atoms in total. The van der Waals surface area contributed by atoms with Crippen LogP contribution in [0.25, 0.3) is 0 Å². The summed E-state index contributed by atoms with van der Waals surface area (Å²) in [6.45, 7) is 1.96. The Kier molecular flexibility index (Phi) is 3.87. The number of anilines is 2. The van der Waals surface area contributed by atoms with Gasteiger partial charge in [0.1, 0.15) is 10.6 Å². The second-order valence-corrected chi connectivity index (χ2v) is 3.77. The number of hydrogen-bond donors (Lipinski definition) is 3. The molecule has 1 unspecified atom stereocenters. The number of ether oxygens (including phenoxy) is 1. The Bertz CT molecular complexity index is 351. The first kappa shape index (κ1) is 11.7. The van der Waals surface area contributed by atoms with Gasteiger partial charge in [0, 0.05) is 6.54 Å². The Hall–Kier alpha value is -1.34. The largest absolute Gasteiger partial charge is 0.465 e. The van der Waals surface area contributed by atoms with Gasteiger partial charge >= 0.3 is 5.97 Å². The molecule has 0 aliphatic rings. The van der Waals surface area contributed by atoms with Crippen LogP contribution >= 0.6 is 11.5 Å². The summed E-state index contributed by atoms with van der Waals surface area (Å²) < 4.78 is 8.41. The number of nitrogens with zero attached hydrogens (tertiary/aromatic N) is 1. The van der Waals surface area contributed by atoms with Crippen LogP contribution in [0.5, 0.6) is 0 Å². The number of carbonyl (C=O) groups is 1. The number of nitrogens with two attached hydrogens (primary N) is 1. The summed E-state index contributed by atoms with van der Waals surface area (Å²) in [6.07, 6.45) is -0.515. The third-order valence-corrected chi connectivity index (χ3v) is 2.49. The SMILES string of the molecule is COC(=O)c1c(N)nsc1NCC(C)O. The molecule has 0 aliphatic heterocycles. The van der Waals surface area contributed by atoms with Crippen molar-refractivity contribution in [2.75, 3.05) is 24.7 Å². The van der Waals surface area contributed by atoms with E-state index in [1.54, 1.807) is 6.92 Å². The molecule has 0 aliphatic carbocycles. The number of nitrogen functional groups attached to an aromatic ring is 1. The van der Waals surface area contributed by atoms with E-state index < -0.39 is 12.1 Å². The fourth-order valence-corrected chi connectivity index (χ4v) is 1.67. The standard InChI is InChI=1S/C8H13N3O3S/c1-4(12)3-10-7-5(8(13)14-2)6(9)11-15-7/h4,10,12H,3H2,1-2H3,(H2,9,11). The Labute approximate surface area is 91.2 Å². The molecule has 0 bridgehead atoms. The number of esters is 1. The zero-order valence-electron chi connectivity index (χ0n) is 8.48. The van der Waals surface area contributed by atoms with Crippen LogP contribution in [0.15, 0.2) is 0 Å². The molecule has 0 amide bonds. The molecule has 0 radical (unpaired) electrons. The number of aliphatic hydroxyl groups is 1. The van der Waals surface area contributed by atoms with Crippen LogP contribution in [0.3, 0.4) is 0 Å². The zero-order valence-corrected chi connectivity index (χ0v) is 9.30. The highest BCUT2D eigenvalue weighted by Gasteiger charge is 2.19. The van der Waals surface area contributed by atoms with Crippen molar-refractivity contribution in [2.45, 2.75) is 13.0 Å². The van der Waals surface area contributed by atoms with E-state index >= 15 is 0 Å². The summed E-state index contributed by atoms with van der Waals surface area (Å²) in [6, 6.07) is 0. The van der Waals surface area contributed by atoms with Gasteiger partial charge in [0.25, 0.3) is 0 Å². The van der Waals surface area contributed by atoms with E-state index in [-0.39, 0.29) is 11.4 Å². The monoisotopic (exact) mass is 231 g/mol. The van der Waals surface area contributed by atoms with Crippen LogP contribution in [-0.4, -0.2) is 35.2 Å². The average molecular weight is 231 g/mol. The maximum absolute atomic E-state index is 11.3. The smallest absolute Gasteiger partial charge is 0.344 e. The van der Waals surface area contributed by atoms with Crippen LogP contribution < -0.4 is 11.1 Å². The van der Waals surface area contributed by atoms with Gasteiger partial charge < -0.3 is 20.9 Å². The maximum Gasteiger partial charge on any atom is 0.344 e. The predicted octanol–water partition coefficient (Wildman–Crippen LogP) is 0.305. The first-order valence-electron chi connectivity index (χ1n) is 4.31. The summed E-state index contributed by atoms with van der Waals surface area (Å²) in [7, 11) is 1.28. The number of methoxy groups -OCH3 is 1. The zero-order chi connectivity index (χ0) is 11.4. The minimum absolute atomic E-state index is 0.139. The third-order valence-electron chi connectivity index (χ3n) is 1.67. The normalized spacial score (nSPS) is 12.2. The molecule has 0 aromatic carbocycles. The van der Waals surface area contributed by atoms with Crippen molar-refractivity contribution >= 4 is 28.3 Å². The minimum Gasteiger partial charge on any atom is -0.465 e. The van der Waals surface area contributed by atoms with Gasteiger partial charge in [-0.25, -0.2) is 4.79 Å². The molecule has 15 heavy (non-hydrogen) atoms. The highest BCUT2D eigenvalue weighted by molar-refractivity contribution is 7.11. The molecule has 1 aromatic heterocycles. The molecular weight excluding hydrogens is 218 g/mol. The van der Waals surface area contributed by atoms with Crippen molar-refractivity contribution in [1.82, 2.24) is 4.37 Å². The topological polar surface area (TPSA) is 97.5 Å². The Morgan fingerprint density at radius 1 is 1.80 bits per heavy atom. The first-order valence-corrected chi connectivity index (χ1v) is 5.09. The molecule has 0 fully saturated rings. The Balaban J connectivity index is 2.84. The van der Waals surface area contributed by atoms with E-state index in [0.717, 1.165) is 11.5 Å². The molecule has 1 aromatic rings. The van der Waals surface area contributed by atoms with Gasteiger partial charge in [0.2, 0.25) is 0 Å². The summed E-state index contributed by atoms with van der Waals surface area (Å²) in [4.78, 5) is 11.3. The summed E-state index contributed by atoms with van der Waals surface area (Å²) in [5, 5.41) is 12.5. The highest BCUT2D eigenvalue weighted by Crippen LogP contribution is 2.27. The summed E-state index contributed by atoms with van der Waals surface area (Å²) >= 11 is 1.06. The van der Waals surface area contributed by atoms with Crippen molar-refractivity contribution < 1.29 is 14.6 Å². The van der Waals surface area contributed by atoms with Gasteiger partial charge in [0.15, 0.2) is 5.82 Å². The molecule has 4 N–H and O–H groups in total. The molecular formula is C8H13N3O3S. The molecule has 1 heterocycles. The molecule has 1 atom stereocenters. The van der Waals surface area contributed by atoms with E-state index in [0.29, 0.717) is 11.5 Å². The fraction of sp³-hybridized carbons (Fsp3) is 0.500. The molecule has 0 spiro atoms. The Morgan fingerprint density at radius 2 is 2.47 bits per heavy atom. The number of carbonyl (C=O) groups excluding carboxylic acids is 1. The number of aromatic nitrogens is 1. The van der Waals surface area contributed by atoms with Crippen LogP contribution in [0.2, 0.25) is 0 Å². The molecule has 7 heteroatoms. The fourth-order valence-electron chi connectivity index (χ4n) is 0.963.